The van der Waals surface area contributed by atoms with E-state index in [0.29, 0.717) is 12.5 Å². The van der Waals surface area contributed by atoms with Gasteiger partial charge in [-0.05, 0) is 59.4 Å². The van der Waals surface area contributed by atoms with Gasteiger partial charge in [0.2, 0.25) is 0 Å². The minimum atomic E-state index is -0.185. The second kappa shape index (κ2) is 8.17. The summed E-state index contributed by atoms with van der Waals surface area (Å²) in [4.78, 5) is 20.3. The van der Waals surface area contributed by atoms with Crippen molar-refractivity contribution in [1.82, 2.24) is 19.7 Å². The van der Waals surface area contributed by atoms with Crippen LogP contribution >= 0.6 is 24.8 Å². The molecule has 1 aliphatic heterocycles. The summed E-state index contributed by atoms with van der Waals surface area (Å²) in [6.45, 7) is 9.65. The van der Waals surface area contributed by atoms with Gasteiger partial charge in [0.15, 0.2) is 5.65 Å². The third-order valence-electron chi connectivity index (χ3n) is 5.60. The van der Waals surface area contributed by atoms with Crippen molar-refractivity contribution in [3.63, 3.8) is 0 Å². The molecule has 2 N–H and O–H groups in total. The summed E-state index contributed by atoms with van der Waals surface area (Å²) in [5, 5.41) is 5.65. The Kier molecular flexibility index (Phi) is 6.68. The molecule has 6 nitrogen and oxygen atoms in total. The van der Waals surface area contributed by atoms with Crippen LogP contribution in [0.5, 0.6) is 0 Å². The van der Waals surface area contributed by atoms with Gasteiger partial charge in [0.25, 0.3) is 5.91 Å². The second-order valence-corrected chi connectivity index (χ2v) is 8.77. The first-order valence-corrected chi connectivity index (χ1v) is 9.73. The Hall–Kier alpha value is -1.37. The number of amides is 1. The molecule has 3 heterocycles. The fourth-order valence-corrected chi connectivity index (χ4v) is 4.04. The van der Waals surface area contributed by atoms with Gasteiger partial charge in [-0.25, -0.2) is 9.67 Å². The van der Waals surface area contributed by atoms with Crippen LogP contribution in [0.1, 0.15) is 74.1 Å². The number of nitrogens with zero attached hydrogens (tertiary/aromatic N) is 4. The highest BCUT2D eigenvalue weighted by Gasteiger charge is 2.34. The van der Waals surface area contributed by atoms with Crippen LogP contribution in [0.15, 0.2) is 6.07 Å². The Balaban J connectivity index is 0.00000140. The smallest absolute Gasteiger partial charge is 0.255 e. The molecule has 1 unspecified atom stereocenters. The lowest BCUT2D eigenvalue weighted by atomic mass is 10.0. The summed E-state index contributed by atoms with van der Waals surface area (Å²) in [5.41, 5.74) is 9.23. The van der Waals surface area contributed by atoms with Gasteiger partial charge in [-0.2, -0.15) is 5.10 Å². The molecule has 2 fully saturated rings. The monoisotopic (exact) mass is 427 g/mol. The Morgan fingerprint density at radius 2 is 1.93 bits per heavy atom. The van der Waals surface area contributed by atoms with Crippen LogP contribution in [-0.4, -0.2) is 44.7 Å². The topological polar surface area (TPSA) is 77.0 Å². The number of hydrogen-bond acceptors (Lipinski definition) is 4. The number of hydrogen-bond donors (Lipinski definition) is 1. The number of rotatable bonds is 3. The van der Waals surface area contributed by atoms with Gasteiger partial charge in [0.05, 0.1) is 22.2 Å². The number of halogens is 2. The van der Waals surface area contributed by atoms with E-state index in [1.807, 2.05) is 22.6 Å². The molecule has 2 aromatic heterocycles. The summed E-state index contributed by atoms with van der Waals surface area (Å²) in [7, 11) is 0. The number of carbonyl (C=O) groups is 1. The van der Waals surface area contributed by atoms with Crippen molar-refractivity contribution in [1.29, 1.82) is 0 Å². The van der Waals surface area contributed by atoms with E-state index in [4.69, 9.17) is 15.8 Å². The van der Waals surface area contributed by atoms with E-state index in [9.17, 15) is 4.79 Å². The molecule has 1 saturated carbocycles. The van der Waals surface area contributed by atoms with Crippen molar-refractivity contribution in [2.45, 2.75) is 70.9 Å². The highest BCUT2D eigenvalue weighted by Crippen LogP contribution is 2.41. The number of aromatic nitrogens is 3. The number of carbonyl (C=O) groups excluding carboxylic acids is 1. The fraction of sp³-hybridized carbons (Fsp3) is 0.650. The number of aryl methyl sites for hydroxylation is 1. The molecule has 0 radical (unpaired) electrons. The molecule has 0 aromatic carbocycles. The van der Waals surface area contributed by atoms with Gasteiger partial charge in [0, 0.05) is 30.7 Å². The molecule has 8 heteroatoms. The van der Waals surface area contributed by atoms with Gasteiger partial charge in [0.1, 0.15) is 0 Å². The predicted molar refractivity (Wildman–Crippen MR) is 117 cm³/mol. The van der Waals surface area contributed by atoms with Crippen LogP contribution < -0.4 is 5.73 Å². The molecule has 2 aromatic rings. The Labute approximate surface area is 179 Å². The summed E-state index contributed by atoms with van der Waals surface area (Å²) in [6, 6.07) is 2.17. The maximum absolute atomic E-state index is 13.4. The lowest BCUT2D eigenvalue weighted by Crippen LogP contribution is -2.40. The number of nitrogens with two attached hydrogens (primary N) is 1. The van der Waals surface area contributed by atoms with Gasteiger partial charge in [-0.3, -0.25) is 4.79 Å². The minimum absolute atomic E-state index is 0. The standard InChI is InChI=1S/C20H29N5O.2ClH/c1-12-17-15(19(26)24-9-5-6-14(24)11-21)10-16(13-7-8-13)22-18(17)25(23-12)20(2,3)4;;/h10,13-14H,5-9,11,21H2,1-4H3;2*1H. The molecule has 156 valence electrons. The first kappa shape index (κ1) is 22.9. The molecule has 2 aliphatic rings. The summed E-state index contributed by atoms with van der Waals surface area (Å²) < 4.78 is 1.98. The summed E-state index contributed by atoms with van der Waals surface area (Å²) in [6.07, 6.45) is 4.33. The normalized spacial score (nSPS) is 19.5. The van der Waals surface area contributed by atoms with E-state index < -0.39 is 0 Å². The van der Waals surface area contributed by atoms with Gasteiger partial charge >= 0.3 is 0 Å². The molecular formula is C20H31Cl2N5O. The van der Waals surface area contributed by atoms with Crippen LogP contribution in [0.2, 0.25) is 0 Å². The molecule has 1 saturated heterocycles. The van der Waals surface area contributed by atoms with Crippen LogP contribution in [0.25, 0.3) is 11.0 Å². The largest absolute Gasteiger partial charge is 0.334 e. The van der Waals surface area contributed by atoms with E-state index in [1.54, 1.807) is 0 Å². The van der Waals surface area contributed by atoms with Crippen molar-refractivity contribution >= 4 is 41.8 Å². The van der Waals surface area contributed by atoms with Crippen molar-refractivity contribution in [3.8, 4) is 0 Å². The third-order valence-corrected chi connectivity index (χ3v) is 5.60. The lowest BCUT2D eigenvalue weighted by molar-refractivity contribution is 0.0743. The van der Waals surface area contributed by atoms with E-state index in [-0.39, 0.29) is 42.3 Å². The maximum atomic E-state index is 13.4. The van der Waals surface area contributed by atoms with Crippen LogP contribution in [0.4, 0.5) is 0 Å². The van der Waals surface area contributed by atoms with E-state index in [2.05, 4.69) is 20.8 Å². The summed E-state index contributed by atoms with van der Waals surface area (Å²) in [5.74, 6) is 0.572. The Morgan fingerprint density at radius 3 is 2.50 bits per heavy atom. The quantitative estimate of drug-likeness (QED) is 0.807. The van der Waals surface area contributed by atoms with E-state index in [0.717, 1.165) is 60.2 Å². The van der Waals surface area contributed by atoms with Crippen molar-refractivity contribution in [2.75, 3.05) is 13.1 Å². The zero-order valence-electron chi connectivity index (χ0n) is 17.1. The average molecular weight is 428 g/mol. The van der Waals surface area contributed by atoms with Crippen LogP contribution in [0, 0.1) is 6.92 Å². The van der Waals surface area contributed by atoms with Crippen molar-refractivity contribution in [3.05, 3.63) is 23.0 Å². The molecule has 1 amide bonds. The molecule has 0 spiro atoms. The Morgan fingerprint density at radius 1 is 1.25 bits per heavy atom. The van der Waals surface area contributed by atoms with Crippen LogP contribution in [0.3, 0.4) is 0 Å². The van der Waals surface area contributed by atoms with Gasteiger partial charge < -0.3 is 10.6 Å². The molecular weight excluding hydrogens is 397 g/mol. The molecule has 1 aliphatic carbocycles. The zero-order valence-corrected chi connectivity index (χ0v) is 18.7. The maximum Gasteiger partial charge on any atom is 0.255 e. The molecule has 4 rings (SSSR count). The molecule has 28 heavy (non-hydrogen) atoms. The molecule has 1 atom stereocenters. The lowest BCUT2D eigenvalue weighted by Gasteiger charge is -2.24. The van der Waals surface area contributed by atoms with Crippen LogP contribution in [-0.2, 0) is 5.54 Å². The minimum Gasteiger partial charge on any atom is -0.334 e. The van der Waals surface area contributed by atoms with E-state index >= 15 is 0 Å². The predicted octanol–water partition coefficient (Wildman–Crippen LogP) is 3.78. The Bertz CT molecular complexity index is 870. The third kappa shape index (κ3) is 3.87. The van der Waals surface area contributed by atoms with Crippen molar-refractivity contribution < 1.29 is 4.79 Å². The highest BCUT2D eigenvalue weighted by molar-refractivity contribution is 6.07. The zero-order chi connectivity index (χ0) is 18.6. The van der Waals surface area contributed by atoms with Gasteiger partial charge in [-0.1, -0.05) is 0 Å². The fourth-order valence-electron chi connectivity index (χ4n) is 4.04. The first-order chi connectivity index (χ1) is 12.3. The number of pyridine rings is 1. The molecule has 0 bridgehead atoms. The number of fused-ring (bicyclic) bond motifs is 1. The first-order valence-electron chi connectivity index (χ1n) is 9.73. The van der Waals surface area contributed by atoms with Gasteiger partial charge in [-0.15, -0.1) is 24.8 Å². The highest BCUT2D eigenvalue weighted by atomic mass is 35.5. The summed E-state index contributed by atoms with van der Waals surface area (Å²) >= 11 is 0. The van der Waals surface area contributed by atoms with E-state index in [1.165, 1.54) is 0 Å². The van der Waals surface area contributed by atoms with Crippen molar-refractivity contribution in [2.24, 2.45) is 5.73 Å². The number of likely N-dealkylation sites (tertiary alicyclic amines) is 1. The SMILES string of the molecule is Cc1nn(C(C)(C)C)c2nc(C3CC3)cc(C(=O)N3CCCC3CN)c12.Cl.Cl. The second-order valence-electron chi connectivity index (χ2n) is 8.77. The average Bonchev–Trinajstić information content (AvgIpc) is 3.23.